The van der Waals surface area contributed by atoms with Crippen molar-refractivity contribution in [2.45, 2.75) is 148 Å². The SMILES string of the molecule is CC[C@H]1OC(=O)[C@H](C)[C@@H](OC(=O)CCc2cccc(OC)c2)[C@H](C)[C@@H](OC2O[C@H](C)C[C@H](N(C)C)[C@H]2O)[C@@](C)(OC)C[C@@H](C)C(=O)[C@H](C)[C@@H](O)[C@]1(C)O. The van der Waals surface area contributed by atoms with E-state index < -0.39 is 83.6 Å². The van der Waals surface area contributed by atoms with Crippen LogP contribution in [0, 0.1) is 23.7 Å². The normalized spacial score (nSPS) is 39.2. The zero-order valence-electron chi connectivity index (χ0n) is 33.7. The van der Waals surface area contributed by atoms with Gasteiger partial charge >= 0.3 is 11.9 Å². The minimum Gasteiger partial charge on any atom is -0.497 e. The molecule has 3 N–H and O–H groups in total. The number of carbonyl (C=O) groups excluding carboxylic acids is 3. The molecule has 13 heteroatoms. The molecule has 0 amide bonds. The van der Waals surface area contributed by atoms with E-state index in [0.717, 1.165) is 5.56 Å². The third-order valence-corrected chi connectivity index (χ3v) is 11.5. The topological polar surface area (TPSA) is 171 Å². The average molecular weight is 752 g/mol. The molecule has 2 heterocycles. The van der Waals surface area contributed by atoms with Crippen LogP contribution in [0.2, 0.25) is 0 Å². The number of esters is 2. The van der Waals surface area contributed by atoms with Crippen molar-refractivity contribution in [3.05, 3.63) is 29.8 Å². The Hall–Kier alpha value is -2.65. The molecule has 1 unspecified atom stereocenters. The smallest absolute Gasteiger partial charge is 0.312 e. The Bertz CT molecular complexity index is 1370. The summed E-state index contributed by atoms with van der Waals surface area (Å²) in [5.41, 5.74) is -2.42. The lowest BCUT2D eigenvalue weighted by Crippen LogP contribution is -2.60. The van der Waals surface area contributed by atoms with Crippen molar-refractivity contribution in [3.8, 4) is 5.75 Å². The first-order valence-corrected chi connectivity index (χ1v) is 18.9. The lowest BCUT2D eigenvalue weighted by molar-refractivity contribution is -0.301. The largest absolute Gasteiger partial charge is 0.497 e. The van der Waals surface area contributed by atoms with Crippen LogP contribution in [0.5, 0.6) is 5.75 Å². The van der Waals surface area contributed by atoms with Crippen molar-refractivity contribution in [1.29, 1.82) is 0 Å². The highest BCUT2D eigenvalue weighted by atomic mass is 16.7. The summed E-state index contributed by atoms with van der Waals surface area (Å²) in [6.07, 6.45) is -6.33. The lowest BCUT2D eigenvalue weighted by Gasteiger charge is -2.48. The fourth-order valence-corrected chi connectivity index (χ4v) is 8.07. The summed E-state index contributed by atoms with van der Waals surface area (Å²) in [5.74, 6) is -4.68. The molecule has 0 aromatic heterocycles. The molecule has 14 atom stereocenters. The summed E-state index contributed by atoms with van der Waals surface area (Å²) in [4.78, 5) is 43.6. The maximum atomic E-state index is 14.0. The van der Waals surface area contributed by atoms with Gasteiger partial charge in [-0.2, -0.15) is 0 Å². The van der Waals surface area contributed by atoms with Crippen LogP contribution in [0.3, 0.4) is 0 Å². The molecule has 2 aliphatic rings. The number of rotatable bonds is 10. The number of aryl methyl sites for hydroxylation is 1. The Balaban J connectivity index is 2.15. The van der Waals surface area contributed by atoms with Gasteiger partial charge in [0.05, 0.1) is 36.9 Å². The van der Waals surface area contributed by atoms with Gasteiger partial charge in [-0.3, -0.25) is 14.4 Å². The van der Waals surface area contributed by atoms with Gasteiger partial charge in [-0.1, -0.05) is 39.8 Å². The van der Waals surface area contributed by atoms with Gasteiger partial charge in [-0.05, 0) is 85.2 Å². The number of cyclic esters (lactones) is 1. The molecule has 302 valence electrons. The highest BCUT2D eigenvalue weighted by Crippen LogP contribution is 2.40. The Labute approximate surface area is 315 Å². The van der Waals surface area contributed by atoms with Gasteiger partial charge in [-0.25, -0.2) is 0 Å². The first kappa shape index (κ1) is 44.7. The van der Waals surface area contributed by atoms with Crippen molar-refractivity contribution >= 4 is 17.7 Å². The van der Waals surface area contributed by atoms with Crippen LogP contribution >= 0.6 is 0 Å². The second-order valence-electron chi connectivity index (χ2n) is 15.9. The van der Waals surface area contributed by atoms with Gasteiger partial charge in [-0.15, -0.1) is 0 Å². The van der Waals surface area contributed by atoms with Gasteiger partial charge < -0.3 is 48.6 Å². The summed E-state index contributed by atoms with van der Waals surface area (Å²) in [6, 6.07) is 7.04. The van der Waals surface area contributed by atoms with Gasteiger partial charge in [0, 0.05) is 37.3 Å². The van der Waals surface area contributed by atoms with Crippen LogP contribution in [0.15, 0.2) is 24.3 Å². The third kappa shape index (κ3) is 10.6. The van der Waals surface area contributed by atoms with E-state index in [1.54, 1.807) is 41.7 Å². The summed E-state index contributed by atoms with van der Waals surface area (Å²) in [5, 5.41) is 34.5. The Morgan fingerprint density at radius 1 is 1.04 bits per heavy atom. The summed E-state index contributed by atoms with van der Waals surface area (Å²) in [6.45, 7) is 13.3. The van der Waals surface area contributed by atoms with Crippen molar-refractivity contribution in [1.82, 2.24) is 4.90 Å². The Morgan fingerprint density at radius 2 is 1.70 bits per heavy atom. The summed E-state index contributed by atoms with van der Waals surface area (Å²) in [7, 11) is 6.78. The summed E-state index contributed by atoms with van der Waals surface area (Å²) < 4.78 is 36.5. The number of likely N-dealkylation sites (N-methyl/N-ethyl adjacent to an activating group) is 1. The highest BCUT2D eigenvalue weighted by Gasteiger charge is 2.52. The molecule has 3 rings (SSSR count). The molecular weight excluding hydrogens is 686 g/mol. The fraction of sp³-hybridized carbons (Fsp3) is 0.775. The van der Waals surface area contributed by atoms with E-state index in [9.17, 15) is 29.7 Å². The molecule has 0 spiro atoms. The maximum Gasteiger partial charge on any atom is 0.312 e. The predicted molar refractivity (Wildman–Crippen MR) is 197 cm³/mol. The van der Waals surface area contributed by atoms with Gasteiger partial charge in [0.2, 0.25) is 0 Å². The number of ketones is 1. The van der Waals surface area contributed by atoms with Crippen LogP contribution in [-0.4, -0.2) is 126 Å². The van der Waals surface area contributed by atoms with Gasteiger partial charge in [0.15, 0.2) is 6.29 Å². The molecule has 1 aromatic rings. The molecule has 53 heavy (non-hydrogen) atoms. The van der Waals surface area contributed by atoms with Crippen LogP contribution in [0.4, 0.5) is 0 Å². The van der Waals surface area contributed by atoms with E-state index >= 15 is 0 Å². The molecular formula is C40H65NO12. The van der Waals surface area contributed by atoms with Gasteiger partial charge in [0.1, 0.15) is 35.4 Å². The zero-order valence-corrected chi connectivity index (χ0v) is 33.7. The molecule has 0 aliphatic carbocycles. The highest BCUT2D eigenvalue weighted by molar-refractivity contribution is 5.83. The van der Waals surface area contributed by atoms with Crippen LogP contribution in [0.25, 0.3) is 0 Å². The number of ether oxygens (including phenoxy) is 6. The molecule has 0 radical (unpaired) electrons. The predicted octanol–water partition coefficient (Wildman–Crippen LogP) is 3.71. The molecule has 2 saturated heterocycles. The number of Topliss-reactive ketones (excluding diaryl/α,β-unsaturated/α-hetero) is 1. The maximum absolute atomic E-state index is 14.0. The number of methoxy groups -OCH3 is 2. The van der Waals surface area contributed by atoms with E-state index in [4.69, 9.17) is 28.4 Å². The zero-order chi connectivity index (χ0) is 40.0. The first-order chi connectivity index (χ1) is 24.7. The standard InChI is InChI=1S/C40H65NO12/c1-13-30-40(8,47)35(45)24(4)32(43)22(2)21-39(7,49-12)36(53-38-33(44)29(41(9)10)19-23(3)50-38)25(5)34(26(6)37(46)51-30)52-31(42)18-17-27-15-14-16-28(20-27)48-11/h14-16,20,22-26,29-30,33-36,38,44-45,47H,13,17-19,21H2,1-12H3/t22-,23-,24+,25+,26-,29+,30-,33-,34+,35-,36-,38?,39+,40-/m1/s1. The van der Waals surface area contributed by atoms with Crippen molar-refractivity contribution in [3.63, 3.8) is 0 Å². The second-order valence-corrected chi connectivity index (χ2v) is 15.9. The molecule has 2 aliphatic heterocycles. The summed E-state index contributed by atoms with van der Waals surface area (Å²) >= 11 is 0. The lowest BCUT2D eigenvalue weighted by atomic mass is 9.74. The number of carbonyl (C=O) groups is 3. The van der Waals surface area contributed by atoms with E-state index in [0.29, 0.717) is 18.6 Å². The number of nitrogens with zero attached hydrogens (tertiary/aromatic N) is 1. The minimum atomic E-state index is -1.98. The van der Waals surface area contributed by atoms with Gasteiger partial charge in [0.25, 0.3) is 0 Å². The Kier molecular flexibility index (Phi) is 15.9. The number of hydrogen-bond donors (Lipinski definition) is 3. The molecule has 0 saturated carbocycles. The molecule has 13 nitrogen and oxygen atoms in total. The van der Waals surface area contributed by atoms with Crippen LogP contribution in [0.1, 0.15) is 86.6 Å². The first-order valence-electron chi connectivity index (χ1n) is 18.9. The Morgan fingerprint density at radius 3 is 2.28 bits per heavy atom. The quantitative estimate of drug-likeness (QED) is 0.296. The number of benzene rings is 1. The van der Waals surface area contributed by atoms with E-state index in [1.165, 1.54) is 21.0 Å². The van der Waals surface area contributed by atoms with E-state index in [1.807, 2.05) is 50.2 Å². The number of aliphatic hydroxyl groups is 3. The average Bonchev–Trinajstić information content (AvgIpc) is 3.12. The third-order valence-electron chi connectivity index (χ3n) is 11.5. The van der Waals surface area contributed by atoms with Crippen molar-refractivity contribution in [2.75, 3.05) is 28.3 Å². The van der Waals surface area contributed by atoms with E-state index in [2.05, 4.69) is 0 Å². The van der Waals surface area contributed by atoms with Crippen molar-refractivity contribution in [2.24, 2.45) is 23.7 Å². The molecule has 0 bridgehead atoms. The second kappa shape index (κ2) is 18.8. The number of aliphatic hydroxyl groups excluding tert-OH is 2. The van der Waals surface area contributed by atoms with Crippen molar-refractivity contribution < 1.29 is 58.1 Å². The number of hydrogen-bond acceptors (Lipinski definition) is 13. The van der Waals surface area contributed by atoms with E-state index in [-0.39, 0.29) is 37.2 Å². The molecule has 2 fully saturated rings. The monoisotopic (exact) mass is 751 g/mol. The fourth-order valence-electron chi connectivity index (χ4n) is 8.07. The molecule has 1 aromatic carbocycles. The minimum absolute atomic E-state index is 0.0143. The van der Waals surface area contributed by atoms with Crippen LogP contribution in [-0.2, 0) is 44.5 Å². The van der Waals surface area contributed by atoms with Crippen LogP contribution < -0.4 is 4.74 Å².